The van der Waals surface area contributed by atoms with Gasteiger partial charge in [0, 0.05) is 35.9 Å². The molecule has 8 nitrogen and oxygen atoms in total. The molecule has 0 spiro atoms. The molecule has 0 aliphatic carbocycles. The number of anilines is 3. The Bertz CT molecular complexity index is 1040. The molecule has 13 heteroatoms. The minimum atomic E-state index is -4.50. The van der Waals surface area contributed by atoms with E-state index in [0.29, 0.717) is 32.4 Å². The third-order valence-electron chi connectivity index (χ3n) is 5.89. The largest absolute Gasteiger partial charge is 0.481 e. The highest BCUT2D eigenvalue weighted by atomic mass is 35.5. The lowest BCUT2D eigenvalue weighted by Crippen LogP contribution is -2.54. The number of aliphatic carboxylic acids is 1. The number of halogens is 5. The summed E-state index contributed by atoms with van der Waals surface area (Å²) in [6, 6.07) is 2.69. The van der Waals surface area contributed by atoms with Crippen molar-refractivity contribution in [2.45, 2.75) is 44.4 Å². The van der Waals surface area contributed by atoms with Crippen molar-refractivity contribution >= 4 is 34.9 Å². The molecule has 0 saturated carbocycles. The Morgan fingerprint density at radius 2 is 2.09 bits per heavy atom. The van der Waals surface area contributed by atoms with Gasteiger partial charge < -0.3 is 26.4 Å². The molecule has 1 aliphatic heterocycles. The Morgan fingerprint density at radius 3 is 2.77 bits per heavy atom. The number of nitrogens with two attached hydrogens (primary N) is 1. The van der Waals surface area contributed by atoms with Crippen molar-refractivity contribution < 1.29 is 27.5 Å². The van der Waals surface area contributed by atoms with E-state index >= 15 is 0 Å². The van der Waals surface area contributed by atoms with Crippen LogP contribution >= 0.6 is 11.6 Å². The van der Waals surface area contributed by atoms with Gasteiger partial charge in [-0.1, -0.05) is 11.6 Å². The van der Waals surface area contributed by atoms with Gasteiger partial charge in [-0.05, 0) is 50.9 Å². The summed E-state index contributed by atoms with van der Waals surface area (Å²) in [5, 5.41) is 15.8. The first-order valence-corrected chi connectivity index (χ1v) is 11.4. The quantitative estimate of drug-likeness (QED) is 0.290. The third kappa shape index (κ3) is 7.07. The fourth-order valence-electron chi connectivity index (χ4n) is 4.13. The first-order valence-electron chi connectivity index (χ1n) is 11.1. The van der Waals surface area contributed by atoms with Crippen LogP contribution in [0.25, 0.3) is 0 Å². The molecule has 35 heavy (non-hydrogen) atoms. The van der Waals surface area contributed by atoms with Gasteiger partial charge in [0.15, 0.2) is 11.6 Å². The molecule has 3 unspecified atom stereocenters. The average molecular weight is 519 g/mol. The molecule has 1 aliphatic rings. The fourth-order valence-corrected chi connectivity index (χ4v) is 4.37. The number of hydrogen-bond donors (Lipinski definition) is 4. The van der Waals surface area contributed by atoms with Gasteiger partial charge in [0.1, 0.15) is 6.33 Å². The van der Waals surface area contributed by atoms with Crippen molar-refractivity contribution in [2.75, 3.05) is 35.6 Å². The summed E-state index contributed by atoms with van der Waals surface area (Å²) in [5.41, 5.74) is 4.97. The maximum atomic E-state index is 14.4. The number of rotatable bonds is 9. The van der Waals surface area contributed by atoms with Gasteiger partial charge in [-0.15, -0.1) is 0 Å². The molecular formula is C22H27ClF4N6O2. The van der Waals surface area contributed by atoms with Crippen LogP contribution in [0.2, 0.25) is 5.02 Å². The molecule has 0 amide bonds. The zero-order valence-electron chi connectivity index (χ0n) is 18.9. The van der Waals surface area contributed by atoms with Crippen LogP contribution in [-0.2, 0) is 11.0 Å². The number of carboxylic acids is 1. The fraction of sp³-hybridized carbons (Fsp3) is 0.500. The Kier molecular flexibility index (Phi) is 8.60. The Hall–Kier alpha value is -2.86. The van der Waals surface area contributed by atoms with Crippen LogP contribution in [0.3, 0.4) is 0 Å². The number of aromatic nitrogens is 2. The number of carboxylic acid groups (broad SMARTS) is 1. The molecule has 2 heterocycles. The summed E-state index contributed by atoms with van der Waals surface area (Å²) in [6.07, 6.45) is -1.82. The van der Waals surface area contributed by atoms with Crippen LogP contribution in [0.5, 0.6) is 0 Å². The zero-order valence-corrected chi connectivity index (χ0v) is 19.7. The van der Waals surface area contributed by atoms with E-state index in [9.17, 15) is 27.5 Å². The topological polar surface area (TPSA) is 116 Å². The highest BCUT2D eigenvalue weighted by Crippen LogP contribution is 2.33. The van der Waals surface area contributed by atoms with E-state index in [1.807, 2.05) is 6.92 Å². The Balaban J connectivity index is 1.54. The Labute approximate surface area is 204 Å². The van der Waals surface area contributed by atoms with E-state index in [-0.39, 0.29) is 34.9 Å². The highest BCUT2D eigenvalue weighted by Gasteiger charge is 2.35. The van der Waals surface area contributed by atoms with Crippen molar-refractivity contribution in [3.8, 4) is 0 Å². The SMILES string of the molecule is CC(CCCNC1CN(c2ncnc(N)c2F)CCC1C(=O)O)Nc1cc(Cl)cc(C(F)(F)F)c1. The summed E-state index contributed by atoms with van der Waals surface area (Å²) >= 11 is 5.83. The lowest BCUT2D eigenvalue weighted by Gasteiger charge is -2.38. The first-order chi connectivity index (χ1) is 16.5. The van der Waals surface area contributed by atoms with Gasteiger partial charge in [0.2, 0.25) is 5.82 Å². The van der Waals surface area contributed by atoms with Crippen LogP contribution < -0.4 is 21.3 Å². The number of nitrogens with one attached hydrogen (secondary N) is 2. The van der Waals surface area contributed by atoms with Crippen molar-refractivity contribution in [1.29, 1.82) is 0 Å². The number of nitrogen functional groups attached to an aromatic ring is 1. The molecule has 2 aromatic rings. The van der Waals surface area contributed by atoms with Gasteiger partial charge >= 0.3 is 12.1 Å². The molecule has 3 atom stereocenters. The third-order valence-corrected chi connectivity index (χ3v) is 6.10. The van der Waals surface area contributed by atoms with Crippen LogP contribution in [0.15, 0.2) is 24.5 Å². The second-order valence-electron chi connectivity index (χ2n) is 8.55. The van der Waals surface area contributed by atoms with Crippen LogP contribution in [-0.4, -0.2) is 52.8 Å². The van der Waals surface area contributed by atoms with Crippen LogP contribution in [0.4, 0.5) is 34.9 Å². The highest BCUT2D eigenvalue weighted by molar-refractivity contribution is 6.30. The second-order valence-corrected chi connectivity index (χ2v) is 8.99. The van der Waals surface area contributed by atoms with Gasteiger partial charge in [-0.3, -0.25) is 4.79 Å². The smallest absolute Gasteiger partial charge is 0.416 e. The van der Waals surface area contributed by atoms with Crippen molar-refractivity contribution in [2.24, 2.45) is 5.92 Å². The molecule has 0 bridgehead atoms. The van der Waals surface area contributed by atoms with E-state index in [1.165, 1.54) is 6.07 Å². The average Bonchev–Trinajstić information content (AvgIpc) is 2.77. The summed E-state index contributed by atoms with van der Waals surface area (Å²) in [6.45, 7) is 2.83. The predicted molar refractivity (Wildman–Crippen MR) is 125 cm³/mol. The maximum Gasteiger partial charge on any atom is 0.416 e. The number of carbonyl (C=O) groups is 1. The summed E-state index contributed by atoms with van der Waals surface area (Å²) < 4.78 is 53.4. The molecule has 1 fully saturated rings. The van der Waals surface area contributed by atoms with Gasteiger partial charge in [-0.25, -0.2) is 9.97 Å². The maximum absolute atomic E-state index is 14.4. The van der Waals surface area contributed by atoms with Crippen molar-refractivity contribution in [3.63, 3.8) is 0 Å². The molecule has 0 radical (unpaired) electrons. The molecule has 192 valence electrons. The number of piperidine rings is 1. The summed E-state index contributed by atoms with van der Waals surface area (Å²) in [7, 11) is 0. The van der Waals surface area contributed by atoms with Gasteiger partial charge in [0.05, 0.1) is 11.5 Å². The lowest BCUT2D eigenvalue weighted by molar-refractivity contribution is -0.143. The van der Waals surface area contributed by atoms with E-state index in [0.717, 1.165) is 18.5 Å². The van der Waals surface area contributed by atoms with Crippen molar-refractivity contribution in [1.82, 2.24) is 15.3 Å². The van der Waals surface area contributed by atoms with E-state index in [1.54, 1.807) is 4.90 Å². The Morgan fingerprint density at radius 1 is 1.34 bits per heavy atom. The molecule has 1 saturated heterocycles. The molecule has 3 rings (SSSR count). The molecule has 1 aromatic heterocycles. The van der Waals surface area contributed by atoms with Crippen LogP contribution in [0.1, 0.15) is 31.7 Å². The number of nitrogens with zero attached hydrogens (tertiary/aromatic N) is 3. The van der Waals surface area contributed by atoms with E-state index in [2.05, 4.69) is 20.6 Å². The minimum Gasteiger partial charge on any atom is -0.481 e. The summed E-state index contributed by atoms with van der Waals surface area (Å²) in [4.78, 5) is 20.9. The van der Waals surface area contributed by atoms with Crippen molar-refractivity contribution in [3.05, 3.63) is 40.9 Å². The minimum absolute atomic E-state index is 0.0142. The van der Waals surface area contributed by atoms with E-state index in [4.69, 9.17) is 17.3 Å². The number of hydrogen-bond acceptors (Lipinski definition) is 7. The monoisotopic (exact) mass is 518 g/mol. The lowest BCUT2D eigenvalue weighted by atomic mass is 9.91. The molecule has 5 N–H and O–H groups in total. The normalized spacial score (nSPS) is 19.4. The van der Waals surface area contributed by atoms with E-state index < -0.39 is 35.5 Å². The standard InChI is InChI=1S/C22H27ClF4N6O2/c1-12(32-15-8-13(22(25,26)27)7-14(23)9-15)3-2-5-29-17-10-33(6-4-16(17)21(34)35)20-18(24)19(28)30-11-31-20/h7-9,11-12,16-17,29,32H,2-6,10H2,1H3,(H,34,35)(H2,28,30,31). The summed E-state index contributed by atoms with van der Waals surface area (Å²) in [5.74, 6) is -2.58. The zero-order chi connectivity index (χ0) is 25.8. The molecule has 1 aromatic carbocycles. The second kappa shape index (κ2) is 11.3. The van der Waals surface area contributed by atoms with Gasteiger partial charge in [-0.2, -0.15) is 17.6 Å². The van der Waals surface area contributed by atoms with Crippen LogP contribution in [0, 0.1) is 11.7 Å². The van der Waals surface area contributed by atoms with Gasteiger partial charge in [0.25, 0.3) is 0 Å². The molecular weight excluding hydrogens is 492 g/mol. The predicted octanol–water partition coefficient (Wildman–Crippen LogP) is 4.02. The number of benzene rings is 1. The number of alkyl halides is 3. The first kappa shape index (κ1) is 26.7.